The number of hydrogen-bond donors (Lipinski definition) is 5. The third kappa shape index (κ3) is 6.13. The summed E-state index contributed by atoms with van der Waals surface area (Å²) in [4.78, 5) is 10.6. The van der Waals surface area contributed by atoms with Crippen LogP contribution < -0.4 is 26.1 Å². The van der Waals surface area contributed by atoms with E-state index >= 15 is 0 Å². The lowest BCUT2D eigenvalue weighted by molar-refractivity contribution is -0.909. The van der Waals surface area contributed by atoms with Crippen molar-refractivity contribution in [2.75, 3.05) is 16.0 Å². The number of pyridine rings is 1. The fourth-order valence-corrected chi connectivity index (χ4v) is 2.88. The Bertz CT molecular complexity index is 1170. The molecule has 0 radical (unpaired) electrons. The van der Waals surface area contributed by atoms with Gasteiger partial charge in [0, 0.05) is 39.3 Å². The summed E-state index contributed by atoms with van der Waals surface area (Å²) in [7, 11) is 0. The summed E-state index contributed by atoms with van der Waals surface area (Å²) in [6.07, 6.45) is 1.36. The lowest BCUT2D eigenvalue weighted by Gasteiger charge is -2.37. The molecule has 0 aliphatic rings. The average Bonchev–Trinajstić information content (AvgIpc) is 2.79. The van der Waals surface area contributed by atoms with Gasteiger partial charge < -0.3 is 26.1 Å². The minimum atomic E-state index is -0.773. The normalized spacial score (nSPS) is 11.4. The summed E-state index contributed by atoms with van der Waals surface area (Å²) in [5.74, 6) is -0.349. The van der Waals surface area contributed by atoms with Crippen LogP contribution in [0, 0.1) is 20.5 Å². The summed E-state index contributed by atoms with van der Waals surface area (Å²) < 4.78 is 0.853. The van der Waals surface area contributed by atoms with Crippen LogP contribution in [0.2, 0.25) is 5.02 Å². The highest BCUT2D eigenvalue weighted by molar-refractivity contribution is 6.30. The zero-order valence-corrected chi connectivity index (χ0v) is 17.6. The van der Waals surface area contributed by atoms with Crippen LogP contribution in [0.1, 0.15) is 5.69 Å². The molecule has 0 saturated carbocycles. The molecule has 0 amide bonds. The Kier molecular flexibility index (Phi) is 7.35. The number of allylic oxidation sites excluding steroid dienone is 1. The first-order valence-electron chi connectivity index (χ1n) is 9.33. The Morgan fingerprint density at radius 1 is 1.12 bits per heavy atom. The van der Waals surface area contributed by atoms with Crippen LogP contribution in [-0.2, 0) is 6.42 Å². The van der Waals surface area contributed by atoms with Gasteiger partial charge in [-0.15, -0.1) is 0 Å². The van der Waals surface area contributed by atoms with Crippen molar-refractivity contribution >= 4 is 34.4 Å². The maximum atomic E-state index is 11.4. The summed E-state index contributed by atoms with van der Waals surface area (Å²) >= 11 is 5.87. The van der Waals surface area contributed by atoms with Crippen molar-refractivity contribution in [3.63, 3.8) is 0 Å². The fraction of sp³-hybridized carbons (Fsp3) is 0.0500. The number of nitro groups is 1. The van der Waals surface area contributed by atoms with E-state index < -0.39 is 21.5 Å². The van der Waals surface area contributed by atoms with Gasteiger partial charge in [0.1, 0.15) is 11.4 Å². The van der Waals surface area contributed by atoms with Crippen LogP contribution in [0.15, 0.2) is 78.4 Å². The molecule has 0 aliphatic carbocycles. The van der Waals surface area contributed by atoms with Gasteiger partial charge in [-0.3, -0.25) is 26.2 Å². The minimum Gasteiger partial charge on any atom is -0.769 e. The summed E-state index contributed by atoms with van der Waals surface area (Å²) in [6, 6.07) is 14.4. The van der Waals surface area contributed by atoms with Crippen molar-refractivity contribution < 1.29 is 20.0 Å². The van der Waals surface area contributed by atoms with E-state index in [0.29, 0.717) is 16.4 Å². The van der Waals surface area contributed by atoms with E-state index in [2.05, 4.69) is 16.2 Å². The highest BCUT2D eigenvalue weighted by Gasteiger charge is 2.18. The van der Waals surface area contributed by atoms with Crippen molar-refractivity contribution in [1.29, 1.82) is 0 Å². The number of nitro benzene ring substituents is 1. The highest BCUT2D eigenvalue weighted by atomic mass is 35.5. The first-order valence-corrected chi connectivity index (χ1v) is 9.71. The van der Waals surface area contributed by atoms with Gasteiger partial charge in [0.25, 0.3) is 5.69 Å². The summed E-state index contributed by atoms with van der Waals surface area (Å²) in [6.45, 7) is 0. The largest absolute Gasteiger partial charge is 0.769 e. The summed E-state index contributed by atoms with van der Waals surface area (Å²) in [5, 5.41) is 56.5. The highest BCUT2D eigenvalue weighted by Crippen LogP contribution is 2.29. The molecule has 172 valence electrons. The molecule has 0 unspecified atom stereocenters. The molecule has 13 heteroatoms. The van der Waals surface area contributed by atoms with E-state index in [4.69, 9.17) is 11.6 Å². The first kappa shape index (κ1) is 23.4. The van der Waals surface area contributed by atoms with E-state index in [0.717, 1.165) is 16.9 Å². The monoisotopic (exact) mass is 473 g/mol. The van der Waals surface area contributed by atoms with E-state index in [1.165, 1.54) is 12.3 Å². The Morgan fingerprint density at radius 2 is 1.85 bits per heavy atom. The zero-order valence-electron chi connectivity index (χ0n) is 16.8. The van der Waals surface area contributed by atoms with E-state index in [1.807, 2.05) is 0 Å². The average molecular weight is 474 g/mol. The zero-order chi connectivity index (χ0) is 24.0. The van der Waals surface area contributed by atoms with Crippen LogP contribution >= 0.6 is 11.6 Å². The molecule has 0 saturated heterocycles. The number of aliphatic hydroxyl groups excluding tert-OH is 1. The second-order valence-corrected chi connectivity index (χ2v) is 7.07. The van der Waals surface area contributed by atoms with Crippen LogP contribution in [0.3, 0.4) is 0 Å². The molecule has 0 spiro atoms. The molecule has 33 heavy (non-hydrogen) atoms. The number of rotatable bonds is 9. The molecule has 3 rings (SSSR count). The number of halogens is 1. The van der Waals surface area contributed by atoms with Crippen molar-refractivity contribution in [3.8, 4) is 0 Å². The second-order valence-electron chi connectivity index (χ2n) is 6.64. The molecule has 3 aromatic rings. The number of hydrazine groups is 1. The van der Waals surface area contributed by atoms with Crippen molar-refractivity contribution in [2.24, 2.45) is 0 Å². The Labute approximate surface area is 192 Å². The second kappa shape index (κ2) is 10.4. The van der Waals surface area contributed by atoms with Crippen LogP contribution in [-0.4, -0.2) is 15.2 Å². The van der Waals surface area contributed by atoms with Crippen LogP contribution in [0.5, 0.6) is 0 Å². The third-order valence-corrected chi connectivity index (χ3v) is 4.66. The van der Waals surface area contributed by atoms with Crippen molar-refractivity contribution in [3.05, 3.63) is 110 Å². The number of aromatic nitrogens is 1. The Morgan fingerprint density at radius 3 is 2.48 bits per heavy atom. The number of hydrogen-bond acceptors (Lipinski definition) is 10. The predicted octanol–water partition coefficient (Wildman–Crippen LogP) is 3.57. The van der Waals surface area contributed by atoms with Gasteiger partial charge in [-0.2, -0.15) is 0 Å². The van der Waals surface area contributed by atoms with Gasteiger partial charge in [-0.05, 0) is 42.5 Å². The van der Waals surface area contributed by atoms with Gasteiger partial charge in [-0.1, -0.05) is 11.6 Å². The molecule has 0 atom stereocenters. The minimum absolute atomic E-state index is 0.0302. The Balaban J connectivity index is 1.90. The number of benzene rings is 2. The maximum absolute atomic E-state index is 11.4. The van der Waals surface area contributed by atoms with Gasteiger partial charge in [0.15, 0.2) is 0 Å². The fourth-order valence-electron chi connectivity index (χ4n) is 2.76. The van der Waals surface area contributed by atoms with E-state index in [1.54, 1.807) is 42.5 Å². The molecule has 12 nitrogen and oxygen atoms in total. The standard InChI is InChI=1S/C20H18ClN6O6/c21-13-4-6-14(7-5-13)22-20(28)18(11-15-3-1-2-10-25(15)29)24-23-17-9-8-16(26(30)31)12-19(17)27(32)33/h1-10,12,22-24,28-29H,11H2/q-1. The lowest BCUT2D eigenvalue weighted by atomic mass is 10.2. The number of aliphatic hydroxyl groups is 1. The Hall–Kier alpha value is -4.26. The van der Waals surface area contributed by atoms with Gasteiger partial charge in [0.2, 0.25) is 17.8 Å². The van der Waals surface area contributed by atoms with Gasteiger partial charge in [0.05, 0.1) is 11.3 Å². The van der Waals surface area contributed by atoms with Crippen LogP contribution in [0.25, 0.3) is 0 Å². The first-order chi connectivity index (χ1) is 15.7. The molecular formula is C20H18ClN6O6-. The third-order valence-electron chi connectivity index (χ3n) is 4.41. The lowest BCUT2D eigenvalue weighted by Crippen LogP contribution is -2.36. The summed E-state index contributed by atoms with van der Waals surface area (Å²) in [5.41, 5.74) is 5.19. The van der Waals surface area contributed by atoms with Crippen molar-refractivity contribution in [1.82, 2.24) is 5.43 Å². The molecule has 5 N–H and O–H groups in total. The molecular weight excluding hydrogens is 456 g/mol. The molecule has 0 bridgehead atoms. The van der Waals surface area contributed by atoms with E-state index in [9.17, 15) is 30.8 Å². The smallest absolute Gasteiger partial charge is 0.296 e. The number of nitrogens with zero attached hydrogens (tertiary/aromatic N) is 3. The molecule has 0 fully saturated rings. The van der Waals surface area contributed by atoms with Gasteiger partial charge in [-0.25, -0.2) is 0 Å². The number of anilines is 3. The van der Waals surface area contributed by atoms with Crippen molar-refractivity contribution in [2.45, 2.75) is 6.42 Å². The molecule has 1 heterocycles. The topological polar surface area (TPSA) is 173 Å². The maximum Gasteiger partial charge on any atom is 0.296 e. The number of nitrogens with one attached hydrogen (secondary N) is 3. The van der Waals surface area contributed by atoms with Crippen LogP contribution in [0.4, 0.5) is 22.7 Å². The van der Waals surface area contributed by atoms with E-state index in [-0.39, 0.29) is 23.7 Å². The molecule has 1 aromatic heterocycles. The SMILES string of the molecule is O=[N+]([O-])c1cc(N([O-])[O-])ccc1NNC(Cc1cccc[n+]1O)=C(O)Nc1ccc(Cl)cc1. The molecule has 0 aliphatic heterocycles. The quantitative estimate of drug-likeness (QED) is 0.102. The molecule has 2 aromatic carbocycles. The predicted molar refractivity (Wildman–Crippen MR) is 121 cm³/mol. The van der Waals surface area contributed by atoms with Gasteiger partial charge >= 0.3 is 0 Å².